The van der Waals surface area contributed by atoms with Crippen LogP contribution in [0.2, 0.25) is 0 Å². The summed E-state index contributed by atoms with van der Waals surface area (Å²) in [5.74, 6) is 0.221. The Morgan fingerprint density at radius 2 is 1.80 bits per heavy atom. The Hall–Kier alpha value is -2.30. The zero-order valence-corrected chi connectivity index (χ0v) is 15.8. The van der Waals surface area contributed by atoms with Gasteiger partial charge in [0.2, 0.25) is 0 Å². The number of amidine groups is 1. The van der Waals surface area contributed by atoms with E-state index in [4.69, 9.17) is 4.74 Å². The van der Waals surface area contributed by atoms with Crippen molar-refractivity contribution in [3.63, 3.8) is 0 Å². The first kappa shape index (κ1) is 19.0. The molecule has 0 radical (unpaired) electrons. The molecule has 25 heavy (non-hydrogen) atoms. The molecule has 1 fully saturated rings. The Balaban J connectivity index is 2.17. The lowest BCUT2D eigenvalue weighted by molar-refractivity contribution is -0.122. The number of aliphatic imine (C=N–C) groups is 1. The van der Waals surface area contributed by atoms with Crippen LogP contribution in [-0.4, -0.2) is 43.0 Å². The lowest BCUT2D eigenvalue weighted by Gasteiger charge is -2.20. The molecule has 136 valence electrons. The van der Waals surface area contributed by atoms with E-state index in [0.717, 1.165) is 31.5 Å². The summed E-state index contributed by atoms with van der Waals surface area (Å²) >= 11 is 0. The standard InChI is InChI=1S/C20H29N3O2/c1-5-9-14-21-20-23(8-4)19(24)18(25-20)15-16-10-12-17(13-11-16)22(6-2)7-3/h10-13,15H,5-9,14H2,1-4H3. The quantitative estimate of drug-likeness (QED) is 0.531. The molecule has 1 aliphatic rings. The van der Waals surface area contributed by atoms with E-state index in [9.17, 15) is 4.79 Å². The number of carbonyl (C=O) groups is 1. The van der Waals surface area contributed by atoms with Gasteiger partial charge in [-0.15, -0.1) is 0 Å². The number of carbonyl (C=O) groups excluding carboxylic acids is 1. The molecule has 5 heteroatoms. The van der Waals surface area contributed by atoms with E-state index >= 15 is 0 Å². The summed E-state index contributed by atoms with van der Waals surface area (Å²) in [6.45, 7) is 11.5. The first-order chi connectivity index (χ1) is 12.1. The van der Waals surface area contributed by atoms with Gasteiger partial charge in [-0.2, -0.15) is 0 Å². The molecule has 0 aromatic heterocycles. The first-order valence-corrected chi connectivity index (χ1v) is 9.25. The fraction of sp³-hybridized carbons (Fsp3) is 0.500. The number of rotatable bonds is 8. The van der Waals surface area contributed by atoms with E-state index in [1.165, 1.54) is 5.69 Å². The van der Waals surface area contributed by atoms with Gasteiger partial charge >= 0.3 is 0 Å². The molecule has 0 bridgehead atoms. The van der Waals surface area contributed by atoms with Gasteiger partial charge in [0.1, 0.15) is 0 Å². The molecule has 1 amide bonds. The predicted molar refractivity (Wildman–Crippen MR) is 104 cm³/mol. The minimum Gasteiger partial charge on any atom is -0.420 e. The predicted octanol–water partition coefficient (Wildman–Crippen LogP) is 3.91. The fourth-order valence-electron chi connectivity index (χ4n) is 2.76. The molecule has 5 nitrogen and oxygen atoms in total. The molecule has 1 aromatic carbocycles. The molecule has 0 aliphatic carbocycles. The number of likely N-dealkylation sites (N-methyl/N-ethyl adjacent to an activating group) is 1. The molecule has 0 unspecified atom stereocenters. The van der Waals surface area contributed by atoms with Crippen molar-refractivity contribution in [3.05, 3.63) is 35.6 Å². The van der Waals surface area contributed by atoms with Crippen molar-refractivity contribution in [1.82, 2.24) is 4.90 Å². The van der Waals surface area contributed by atoms with Gasteiger partial charge in [-0.05, 0) is 51.0 Å². The second-order valence-corrected chi connectivity index (χ2v) is 5.94. The van der Waals surface area contributed by atoms with Crippen molar-refractivity contribution >= 4 is 23.7 Å². The third-order valence-electron chi connectivity index (χ3n) is 4.28. The Morgan fingerprint density at radius 3 is 2.36 bits per heavy atom. The molecule has 0 spiro atoms. The van der Waals surface area contributed by atoms with Crippen LogP contribution in [0.4, 0.5) is 5.69 Å². The van der Waals surface area contributed by atoms with E-state index in [0.29, 0.717) is 24.9 Å². The molecule has 0 saturated carbocycles. The summed E-state index contributed by atoms with van der Waals surface area (Å²) in [5, 5.41) is 0. The highest BCUT2D eigenvalue weighted by Crippen LogP contribution is 2.21. The molecule has 1 heterocycles. The molecule has 1 aliphatic heterocycles. The third-order valence-corrected chi connectivity index (χ3v) is 4.28. The number of benzene rings is 1. The number of amides is 1. The minimum absolute atomic E-state index is 0.120. The summed E-state index contributed by atoms with van der Waals surface area (Å²) in [6.07, 6.45) is 3.85. The van der Waals surface area contributed by atoms with Crippen molar-refractivity contribution < 1.29 is 9.53 Å². The van der Waals surface area contributed by atoms with Crippen molar-refractivity contribution in [2.75, 3.05) is 31.1 Å². The van der Waals surface area contributed by atoms with E-state index in [-0.39, 0.29) is 5.91 Å². The Labute approximate surface area is 151 Å². The molecular weight excluding hydrogens is 314 g/mol. The fourth-order valence-corrected chi connectivity index (χ4v) is 2.76. The third kappa shape index (κ3) is 4.62. The number of anilines is 1. The summed E-state index contributed by atoms with van der Waals surface area (Å²) in [6, 6.07) is 8.60. The van der Waals surface area contributed by atoms with Gasteiger partial charge in [0, 0.05) is 31.9 Å². The topological polar surface area (TPSA) is 45.1 Å². The monoisotopic (exact) mass is 343 g/mol. The van der Waals surface area contributed by atoms with E-state index in [1.54, 1.807) is 11.0 Å². The van der Waals surface area contributed by atoms with Crippen LogP contribution in [-0.2, 0) is 9.53 Å². The number of unbranched alkanes of at least 4 members (excludes halogenated alkanes) is 1. The Kier molecular flexibility index (Phi) is 7.04. The number of hydrogen-bond acceptors (Lipinski definition) is 4. The maximum atomic E-state index is 12.5. The van der Waals surface area contributed by atoms with Gasteiger partial charge in [-0.1, -0.05) is 25.5 Å². The summed E-state index contributed by atoms with van der Waals surface area (Å²) in [7, 11) is 0. The number of hydrogen-bond donors (Lipinski definition) is 0. The number of nitrogens with zero attached hydrogens (tertiary/aromatic N) is 3. The van der Waals surface area contributed by atoms with Gasteiger partial charge in [0.15, 0.2) is 5.76 Å². The van der Waals surface area contributed by atoms with Crippen LogP contribution >= 0.6 is 0 Å². The van der Waals surface area contributed by atoms with Crippen molar-refractivity contribution in [1.29, 1.82) is 0 Å². The minimum atomic E-state index is -0.120. The van der Waals surface area contributed by atoms with E-state index in [1.807, 2.05) is 19.1 Å². The van der Waals surface area contributed by atoms with E-state index in [2.05, 4.69) is 42.8 Å². The average molecular weight is 343 g/mol. The van der Waals surface area contributed by atoms with Gasteiger partial charge in [0.05, 0.1) is 0 Å². The summed E-state index contributed by atoms with van der Waals surface area (Å²) < 4.78 is 5.72. The van der Waals surface area contributed by atoms with Crippen LogP contribution in [0, 0.1) is 0 Å². The lowest BCUT2D eigenvalue weighted by atomic mass is 10.1. The first-order valence-electron chi connectivity index (χ1n) is 9.25. The van der Waals surface area contributed by atoms with Crippen LogP contribution in [0.1, 0.15) is 46.1 Å². The van der Waals surface area contributed by atoms with Crippen molar-refractivity contribution in [3.8, 4) is 0 Å². The maximum absolute atomic E-state index is 12.5. The maximum Gasteiger partial charge on any atom is 0.300 e. The zero-order valence-electron chi connectivity index (χ0n) is 15.8. The summed E-state index contributed by atoms with van der Waals surface area (Å²) in [4.78, 5) is 20.8. The second-order valence-electron chi connectivity index (χ2n) is 5.94. The van der Waals surface area contributed by atoms with Gasteiger partial charge in [-0.3, -0.25) is 9.69 Å². The lowest BCUT2D eigenvalue weighted by Crippen LogP contribution is -2.29. The summed E-state index contributed by atoms with van der Waals surface area (Å²) in [5.41, 5.74) is 2.13. The van der Waals surface area contributed by atoms with Crippen LogP contribution in [0.25, 0.3) is 6.08 Å². The van der Waals surface area contributed by atoms with E-state index < -0.39 is 0 Å². The zero-order chi connectivity index (χ0) is 18.2. The Morgan fingerprint density at radius 1 is 1.12 bits per heavy atom. The average Bonchev–Trinajstić information content (AvgIpc) is 2.92. The molecule has 2 rings (SSSR count). The molecule has 0 atom stereocenters. The largest absolute Gasteiger partial charge is 0.420 e. The van der Waals surface area contributed by atoms with Gasteiger partial charge in [-0.25, -0.2) is 4.99 Å². The van der Waals surface area contributed by atoms with Crippen molar-refractivity contribution in [2.45, 2.75) is 40.5 Å². The second kappa shape index (κ2) is 9.25. The SMILES string of the molecule is CCCCN=C1OC(=Cc2ccc(N(CC)CC)cc2)C(=O)N1CC. The molecule has 0 N–H and O–H groups in total. The van der Waals surface area contributed by atoms with Crippen molar-refractivity contribution in [2.24, 2.45) is 4.99 Å². The van der Waals surface area contributed by atoms with Gasteiger partial charge in [0.25, 0.3) is 11.9 Å². The van der Waals surface area contributed by atoms with Crippen LogP contribution in [0.15, 0.2) is 35.0 Å². The highest BCUT2D eigenvalue weighted by molar-refractivity contribution is 6.11. The molecule has 1 saturated heterocycles. The van der Waals surface area contributed by atoms with Crippen LogP contribution < -0.4 is 4.90 Å². The molecular formula is C20H29N3O2. The molecule has 1 aromatic rings. The Bertz CT molecular complexity index is 631. The highest BCUT2D eigenvalue weighted by Gasteiger charge is 2.33. The van der Waals surface area contributed by atoms with Crippen LogP contribution in [0.5, 0.6) is 0 Å². The van der Waals surface area contributed by atoms with Gasteiger partial charge < -0.3 is 9.64 Å². The highest BCUT2D eigenvalue weighted by atomic mass is 16.5. The normalized spacial score (nSPS) is 17.4. The smallest absolute Gasteiger partial charge is 0.300 e. The van der Waals surface area contributed by atoms with Crippen LogP contribution in [0.3, 0.4) is 0 Å². The number of ether oxygens (including phenoxy) is 1.